The number of thiocarbonyl (C=S) groups is 1. The summed E-state index contributed by atoms with van der Waals surface area (Å²) in [5.74, 6) is -1.79. The average Bonchev–Trinajstić information content (AvgIpc) is 3.11. The van der Waals surface area contributed by atoms with Crippen molar-refractivity contribution >= 4 is 56.4 Å². The van der Waals surface area contributed by atoms with Crippen molar-refractivity contribution in [2.45, 2.75) is 39.0 Å². The number of benzene rings is 1. The fourth-order valence-electron chi connectivity index (χ4n) is 3.10. The molecule has 29 heavy (non-hydrogen) atoms. The number of thiophene rings is 1. The summed E-state index contributed by atoms with van der Waals surface area (Å²) in [7, 11) is 0. The summed E-state index contributed by atoms with van der Waals surface area (Å²) in [5.41, 5.74) is 1.03. The largest absolute Gasteiger partial charge is 0.466 e. The molecule has 0 saturated carbocycles. The smallest absolute Gasteiger partial charge is 0.289 e. The summed E-state index contributed by atoms with van der Waals surface area (Å²) >= 11 is 6.91. The van der Waals surface area contributed by atoms with E-state index in [2.05, 4.69) is 16.0 Å². The van der Waals surface area contributed by atoms with Crippen LogP contribution in [-0.2, 0) is 25.7 Å². The molecule has 9 heteroatoms. The van der Waals surface area contributed by atoms with E-state index in [0.29, 0.717) is 19.6 Å². The molecule has 1 aromatic heterocycles. The molecule has 1 saturated heterocycles. The van der Waals surface area contributed by atoms with E-state index in [4.69, 9.17) is 17.0 Å². The van der Waals surface area contributed by atoms with Crippen molar-refractivity contribution in [1.82, 2.24) is 16.0 Å². The monoisotopic (exact) mass is 433 g/mol. The van der Waals surface area contributed by atoms with Crippen molar-refractivity contribution in [1.29, 1.82) is 0 Å². The number of fused-ring (bicyclic) bond motifs is 1. The number of hydrogen-bond donors (Lipinski definition) is 3. The van der Waals surface area contributed by atoms with Gasteiger partial charge in [0.25, 0.3) is 11.1 Å². The maximum absolute atomic E-state index is 12.7. The first kappa shape index (κ1) is 21.2. The molecule has 3 N–H and O–H groups in total. The van der Waals surface area contributed by atoms with E-state index in [1.54, 1.807) is 11.3 Å². The minimum Gasteiger partial charge on any atom is -0.466 e. The summed E-state index contributed by atoms with van der Waals surface area (Å²) in [6.45, 7) is 4.37. The summed E-state index contributed by atoms with van der Waals surface area (Å²) in [6.07, 6.45) is 0.368. The Labute approximate surface area is 178 Å². The molecule has 1 aliphatic rings. The van der Waals surface area contributed by atoms with Gasteiger partial charge in [0.1, 0.15) is 12.6 Å². The third kappa shape index (κ3) is 5.10. The molecule has 1 aromatic carbocycles. The molecule has 3 rings (SSSR count). The van der Waals surface area contributed by atoms with Crippen LogP contribution in [0.4, 0.5) is 0 Å². The van der Waals surface area contributed by atoms with Gasteiger partial charge in [-0.2, -0.15) is 0 Å². The first-order valence-corrected chi connectivity index (χ1v) is 10.7. The van der Waals surface area contributed by atoms with Crippen LogP contribution in [0.3, 0.4) is 0 Å². The number of hydrogen-bond acceptors (Lipinski definition) is 6. The van der Waals surface area contributed by atoms with Gasteiger partial charge in [-0.05, 0) is 41.4 Å². The van der Waals surface area contributed by atoms with Crippen LogP contribution in [0, 0.1) is 5.92 Å². The van der Waals surface area contributed by atoms with E-state index in [1.807, 2.05) is 43.5 Å². The number of carbonyl (C=O) groups excluding carboxylic acids is 3. The third-order valence-electron chi connectivity index (χ3n) is 4.72. The number of amides is 2. The number of piperidine rings is 1. The lowest BCUT2D eigenvalue weighted by Crippen LogP contribution is -2.58. The highest BCUT2D eigenvalue weighted by Crippen LogP contribution is 2.26. The van der Waals surface area contributed by atoms with Gasteiger partial charge in [0.05, 0.1) is 6.04 Å². The normalized spacial score (nSPS) is 17.7. The number of ketones is 1. The Balaban J connectivity index is 1.57. The first-order chi connectivity index (χ1) is 13.9. The van der Waals surface area contributed by atoms with Gasteiger partial charge in [-0.1, -0.05) is 32.0 Å². The molecule has 1 fully saturated rings. The molecule has 2 heterocycles. The predicted molar refractivity (Wildman–Crippen MR) is 116 cm³/mol. The Hall–Kier alpha value is -2.52. The summed E-state index contributed by atoms with van der Waals surface area (Å²) in [6, 6.07) is 6.54. The number of carbonyl (C=O) groups is 3. The quantitative estimate of drug-likeness (QED) is 0.476. The molecule has 2 aromatic rings. The molecule has 2 unspecified atom stereocenters. The van der Waals surface area contributed by atoms with Crippen LogP contribution in [0.2, 0.25) is 0 Å². The van der Waals surface area contributed by atoms with Crippen LogP contribution < -0.4 is 16.0 Å². The second-order valence-electron chi connectivity index (χ2n) is 7.17. The third-order valence-corrected chi connectivity index (χ3v) is 5.97. The fourth-order valence-corrected chi connectivity index (χ4v) is 4.23. The van der Waals surface area contributed by atoms with Crippen molar-refractivity contribution in [3.63, 3.8) is 0 Å². The Morgan fingerprint density at radius 1 is 1.34 bits per heavy atom. The van der Waals surface area contributed by atoms with Gasteiger partial charge in [-0.25, -0.2) is 0 Å². The van der Waals surface area contributed by atoms with Gasteiger partial charge >= 0.3 is 0 Å². The number of Topliss-reactive ketones (excluding diaryl/α,β-unsaturated/α-hetero) is 1. The maximum Gasteiger partial charge on any atom is 0.289 e. The topological polar surface area (TPSA) is 96.5 Å². The minimum atomic E-state index is -0.814. The zero-order valence-corrected chi connectivity index (χ0v) is 17.8. The molecule has 0 bridgehead atoms. The molecule has 1 aliphatic heterocycles. The van der Waals surface area contributed by atoms with Crippen molar-refractivity contribution in [2.24, 2.45) is 5.92 Å². The summed E-state index contributed by atoms with van der Waals surface area (Å²) < 4.78 is 6.84. The molecule has 154 valence electrons. The van der Waals surface area contributed by atoms with E-state index in [0.717, 1.165) is 10.9 Å². The van der Waals surface area contributed by atoms with Crippen LogP contribution in [0.15, 0.2) is 29.6 Å². The van der Waals surface area contributed by atoms with Crippen molar-refractivity contribution < 1.29 is 19.1 Å². The zero-order chi connectivity index (χ0) is 21.0. The Bertz CT molecular complexity index is 941. The highest BCUT2D eigenvalue weighted by Gasteiger charge is 2.33. The molecule has 0 radical (unpaired) electrons. The lowest BCUT2D eigenvalue weighted by Gasteiger charge is -2.27. The van der Waals surface area contributed by atoms with Crippen molar-refractivity contribution in [2.75, 3.05) is 6.54 Å². The molecular weight excluding hydrogens is 410 g/mol. The Kier molecular flexibility index (Phi) is 6.81. The first-order valence-electron chi connectivity index (χ1n) is 9.37. The standard InChI is InChI=1S/C20H23N3O4S2/c1-11(2)16(18(25)22-14-7-8-21-19(26)17(14)24)23-20(28)27-9-12-10-29-15-6-4-3-5-13(12)15/h3-6,10-11,14,16H,7-9H2,1-2H3,(H,21,26)(H,22,25)(H,23,28). The lowest BCUT2D eigenvalue weighted by molar-refractivity contribution is -0.142. The maximum atomic E-state index is 12.7. The molecule has 2 atom stereocenters. The second kappa shape index (κ2) is 9.32. The Morgan fingerprint density at radius 3 is 2.86 bits per heavy atom. The fraction of sp³-hybridized carbons (Fsp3) is 0.400. The second-order valence-corrected chi connectivity index (χ2v) is 8.45. The van der Waals surface area contributed by atoms with Gasteiger partial charge in [0.15, 0.2) is 0 Å². The van der Waals surface area contributed by atoms with Gasteiger partial charge in [-0.15, -0.1) is 11.3 Å². The SMILES string of the molecule is CC(C)C(NC(=S)OCc1csc2ccccc12)C(=O)NC1CCNC(=O)C1=O. The highest BCUT2D eigenvalue weighted by molar-refractivity contribution is 7.80. The van der Waals surface area contributed by atoms with Crippen LogP contribution in [0.1, 0.15) is 25.8 Å². The molecule has 7 nitrogen and oxygen atoms in total. The lowest BCUT2D eigenvalue weighted by atomic mass is 10.0. The average molecular weight is 434 g/mol. The highest BCUT2D eigenvalue weighted by atomic mass is 32.1. The molecular formula is C20H23N3O4S2. The molecule has 0 aliphatic carbocycles. The Morgan fingerprint density at radius 2 is 2.10 bits per heavy atom. The van der Waals surface area contributed by atoms with E-state index < -0.39 is 23.8 Å². The summed E-state index contributed by atoms with van der Waals surface area (Å²) in [5, 5.41) is 11.3. The van der Waals surface area contributed by atoms with Crippen molar-refractivity contribution in [3.05, 3.63) is 35.2 Å². The van der Waals surface area contributed by atoms with E-state index in [1.165, 1.54) is 4.70 Å². The molecule has 0 spiro atoms. The van der Waals surface area contributed by atoms with Gasteiger partial charge in [0.2, 0.25) is 11.7 Å². The summed E-state index contributed by atoms with van der Waals surface area (Å²) in [4.78, 5) is 36.1. The number of ether oxygens (including phenoxy) is 1. The number of rotatable bonds is 6. The van der Waals surface area contributed by atoms with Gasteiger partial charge < -0.3 is 20.7 Å². The zero-order valence-electron chi connectivity index (χ0n) is 16.2. The van der Waals surface area contributed by atoms with Crippen LogP contribution in [0.5, 0.6) is 0 Å². The minimum absolute atomic E-state index is 0.106. The van der Waals surface area contributed by atoms with Crippen LogP contribution in [-0.4, -0.2) is 41.4 Å². The number of nitrogens with one attached hydrogen (secondary N) is 3. The van der Waals surface area contributed by atoms with Crippen LogP contribution in [0.25, 0.3) is 10.1 Å². The van der Waals surface area contributed by atoms with E-state index >= 15 is 0 Å². The van der Waals surface area contributed by atoms with Crippen LogP contribution >= 0.6 is 23.6 Å². The molecule has 2 amide bonds. The van der Waals surface area contributed by atoms with E-state index in [-0.39, 0.29) is 17.0 Å². The van der Waals surface area contributed by atoms with E-state index in [9.17, 15) is 14.4 Å². The van der Waals surface area contributed by atoms with Gasteiger partial charge in [0, 0.05) is 16.8 Å². The van der Waals surface area contributed by atoms with Gasteiger partial charge in [-0.3, -0.25) is 14.4 Å². The predicted octanol–water partition coefficient (Wildman–Crippen LogP) is 1.89. The van der Waals surface area contributed by atoms with Crippen molar-refractivity contribution in [3.8, 4) is 0 Å².